The molecule has 24 nitrogen and oxygen atoms in total. The monoisotopic (exact) mass is 765 g/mol. The molecule has 15 N–H and O–H groups in total. The highest BCUT2D eigenvalue weighted by molar-refractivity contribution is 7.71. The molecule has 0 atom stereocenters. The van der Waals surface area contributed by atoms with Crippen LogP contribution >= 0.6 is 45.6 Å². The molecular weight excluding hydrogens is 732 g/mol. The van der Waals surface area contributed by atoms with Crippen LogP contribution in [0.2, 0.25) is 0 Å². The Morgan fingerprint density at radius 3 is 0.750 bits per heavy atom. The maximum Gasteiger partial charge on any atom is 0.341 e. The van der Waals surface area contributed by atoms with Crippen LogP contribution in [0.5, 0.6) is 0 Å². The number of hydrogen-bond donors (Lipinski definition) is 15. The van der Waals surface area contributed by atoms with Gasteiger partial charge in [0.15, 0.2) is 16.2 Å². The smallest absolute Gasteiger partial charge is 0.341 e. The van der Waals surface area contributed by atoms with Crippen LogP contribution < -0.4 is 16.0 Å². The van der Waals surface area contributed by atoms with E-state index in [1.165, 1.54) is 0 Å². The molecule has 0 rings (SSSR count). The summed E-state index contributed by atoms with van der Waals surface area (Å²) in [5.74, 6) is -4.18. The van der Waals surface area contributed by atoms with Crippen molar-refractivity contribution in [3.05, 3.63) is 0 Å². The van der Waals surface area contributed by atoms with Gasteiger partial charge in [-0.1, -0.05) is 6.92 Å². The Morgan fingerprint density at radius 1 is 0.455 bits per heavy atom. The molecule has 0 heterocycles. The van der Waals surface area contributed by atoms with Crippen LogP contribution in [0.1, 0.15) is 26.2 Å². The third-order valence-electron chi connectivity index (χ3n) is 5.57. The fraction of sp³-hybridized carbons (Fsp3) is 0.786. The lowest BCUT2D eigenvalue weighted by atomic mass is 9.90. The molecule has 0 aromatic carbocycles. The molecule has 0 unspecified atom stereocenters. The molecule has 0 aromatic rings. The summed E-state index contributed by atoms with van der Waals surface area (Å²) in [6, 6.07) is 0. The van der Waals surface area contributed by atoms with Crippen molar-refractivity contribution in [3.63, 3.8) is 0 Å². The van der Waals surface area contributed by atoms with E-state index in [1.807, 2.05) is 16.0 Å². The van der Waals surface area contributed by atoms with E-state index >= 15 is 0 Å². The first kappa shape index (κ1) is 43.3. The Labute approximate surface area is 247 Å². The maximum absolute atomic E-state index is 12.3. The summed E-state index contributed by atoms with van der Waals surface area (Å²) < 4.78 is 68.6. The third-order valence-corrected chi connectivity index (χ3v) is 16.7. The fourth-order valence-corrected chi connectivity index (χ4v) is 10.3. The summed E-state index contributed by atoms with van der Waals surface area (Å²) in [5, 5.41) is -2.31. The van der Waals surface area contributed by atoms with Gasteiger partial charge in [-0.2, -0.15) is 0 Å². The third kappa shape index (κ3) is 15.7. The second-order valence-electron chi connectivity index (χ2n) is 9.73. The summed E-state index contributed by atoms with van der Waals surface area (Å²) in [4.78, 5) is 147. The van der Waals surface area contributed by atoms with E-state index in [4.69, 9.17) is 0 Å². The first-order valence-corrected chi connectivity index (χ1v) is 21.4. The van der Waals surface area contributed by atoms with Crippen LogP contribution in [0.15, 0.2) is 0 Å². The first-order valence-electron chi connectivity index (χ1n) is 11.3. The number of rotatable bonds is 18. The van der Waals surface area contributed by atoms with E-state index in [-0.39, 0.29) is 0 Å². The lowest BCUT2D eigenvalue weighted by molar-refractivity contribution is -0.121. The average molecular weight is 765 g/mol. The Bertz CT molecular complexity index is 1120. The van der Waals surface area contributed by atoms with Crippen molar-refractivity contribution in [1.29, 1.82) is 0 Å². The van der Waals surface area contributed by atoms with E-state index in [0.29, 0.717) is 0 Å². The van der Waals surface area contributed by atoms with Crippen LogP contribution in [0.4, 0.5) is 0 Å². The van der Waals surface area contributed by atoms with Gasteiger partial charge < -0.3 is 74.7 Å². The molecule has 0 bridgehead atoms. The number of hydrogen-bond acceptors (Lipinski definition) is 9. The zero-order valence-corrected chi connectivity index (χ0v) is 27.6. The topological polar surface area (TPSA) is 432 Å². The van der Waals surface area contributed by atoms with Gasteiger partial charge in [0, 0.05) is 25.0 Å². The van der Waals surface area contributed by atoms with Crippen molar-refractivity contribution in [2.24, 2.45) is 5.41 Å². The molecule has 0 radical (unpaired) electrons. The predicted molar refractivity (Wildman–Crippen MR) is 145 cm³/mol. The van der Waals surface area contributed by atoms with Gasteiger partial charge in [-0.3, -0.25) is 41.8 Å². The Hall–Kier alpha value is -0.690. The lowest BCUT2D eigenvalue weighted by Gasteiger charge is -2.31. The summed E-state index contributed by atoms with van der Waals surface area (Å²) in [6.07, 6.45) is -4.33. The first-order chi connectivity index (χ1) is 19.2. The molecule has 0 aromatic heterocycles. The van der Waals surface area contributed by atoms with Crippen molar-refractivity contribution in [3.8, 4) is 0 Å². The van der Waals surface area contributed by atoms with Gasteiger partial charge in [0.05, 0.1) is 19.3 Å². The molecule has 0 saturated heterocycles. The summed E-state index contributed by atoms with van der Waals surface area (Å²) in [5.41, 5.74) is -1.72. The minimum atomic E-state index is -5.54. The molecule has 30 heteroatoms. The normalized spacial score (nSPS) is 14.2. The van der Waals surface area contributed by atoms with Gasteiger partial charge in [-0.15, -0.1) is 0 Å². The highest BCUT2D eigenvalue weighted by atomic mass is 31.2. The molecule has 0 fully saturated rings. The summed E-state index contributed by atoms with van der Waals surface area (Å²) >= 11 is 0. The summed E-state index contributed by atoms with van der Waals surface area (Å²) in [6.45, 7) is -1.17. The second-order valence-corrected chi connectivity index (χ2v) is 21.8. The Balaban J connectivity index is 5.98. The molecular formula is C14H33N3O21P6. The van der Waals surface area contributed by atoms with Gasteiger partial charge in [0.25, 0.3) is 0 Å². The van der Waals surface area contributed by atoms with E-state index in [9.17, 15) is 100 Å². The van der Waals surface area contributed by atoms with Crippen molar-refractivity contribution < 1.29 is 100 Å². The predicted octanol–water partition coefficient (Wildman–Crippen LogP) is -3.44. The van der Waals surface area contributed by atoms with Gasteiger partial charge in [-0.05, 0) is 0 Å². The number of carbonyl (C=O) groups excluding carboxylic acids is 3. The van der Waals surface area contributed by atoms with E-state index in [0.717, 1.165) is 6.92 Å². The lowest BCUT2D eigenvalue weighted by Crippen LogP contribution is -2.50. The Morgan fingerprint density at radius 2 is 0.614 bits per heavy atom. The second kappa shape index (κ2) is 15.5. The number of amides is 3. The zero-order chi connectivity index (χ0) is 35.3. The van der Waals surface area contributed by atoms with Crippen LogP contribution in [-0.2, 0) is 41.8 Å². The quantitative estimate of drug-likeness (QED) is 0.0603. The van der Waals surface area contributed by atoms with Gasteiger partial charge in [0.1, 0.15) is 0 Å². The SMILES string of the molecule is CC(CNC(=O)CC(P(=O)(O)O)P(=O)(O)O)(CNC(=O)CC(P(=O)(O)O)P(=O)(O)O)CNC(=O)CC(P(=O)(O)O)P(=O)(O)O. The molecule has 3 amide bonds. The van der Waals surface area contributed by atoms with Crippen LogP contribution in [0.25, 0.3) is 0 Å². The van der Waals surface area contributed by atoms with Crippen molar-refractivity contribution in [2.45, 2.75) is 42.4 Å². The standard InChI is InChI=1S/C14H33N3O21P6/c1-14(5-15-8(18)2-11(39(21,22)23)40(24,25)26,6-16-9(19)3-12(41(27,28)29)42(30,31)32)7-17-10(20)4-13(43(33,34)35)44(36,37)38/h11-13H,2-7H2,1H3,(H,15,18)(H,16,19)(H,17,20)(H2,21,22,23)(H2,24,25,26)(H2,27,28,29)(H2,30,31,32)(H2,33,34,35)(H2,36,37,38). The zero-order valence-electron chi connectivity index (χ0n) is 22.2. The van der Waals surface area contributed by atoms with Crippen LogP contribution in [0.3, 0.4) is 0 Å². The van der Waals surface area contributed by atoms with E-state index in [1.54, 1.807) is 0 Å². The van der Waals surface area contributed by atoms with Crippen LogP contribution in [-0.4, -0.2) is 112 Å². The minimum absolute atomic E-state index is 0.762. The van der Waals surface area contributed by atoms with Crippen molar-refractivity contribution >= 4 is 63.3 Å². The van der Waals surface area contributed by atoms with Crippen molar-refractivity contribution in [1.82, 2.24) is 16.0 Å². The number of carbonyl (C=O) groups is 3. The molecule has 0 aliphatic rings. The molecule has 0 aliphatic heterocycles. The molecule has 0 saturated carbocycles. The summed E-state index contributed by atoms with van der Waals surface area (Å²) in [7, 11) is -33.3. The highest BCUT2D eigenvalue weighted by Crippen LogP contribution is 2.62. The molecule has 44 heavy (non-hydrogen) atoms. The molecule has 260 valence electrons. The highest BCUT2D eigenvalue weighted by Gasteiger charge is 2.47. The van der Waals surface area contributed by atoms with Gasteiger partial charge >= 0.3 is 45.6 Å². The Kier molecular flexibility index (Phi) is 15.2. The fourth-order valence-electron chi connectivity index (χ4n) is 3.14. The van der Waals surface area contributed by atoms with Gasteiger partial charge in [0.2, 0.25) is 17.7 Å². The van der Waals surface area contributed by atoms with Crippen LogP contribution in [0, 0.1) is 5.41 Å². The van der Waals surface area contributed by atoms with Crippen molar-refractivity contribution in [2.75, 3.05) is 19.6 Å². The van der Waals surface area contributed by atoms with E-state index in [2.05, 4.69) is 0 Å². The average Bonchev–Trinajstić information content (AvgIpc) is 2.76. The van der Waals surface area contributed by atoms with E-state index < -0.39 is 124 Å². The molecule has 0 aliphatic carbocycles. The number of nitrogens with one attached hydrogen (secondary N) is 3. The van der Waals surface area contributed by atoms with Gasteiger partial charge in [-0.25, -0.2) is 0 Å². The maximum atomic E-state index is 12.3. The minimum Gasteiger partial charge on any atom is -0.355 e. The molecule has 0 spiro atoms. The largest absolute Gasteiger partial charge is 0.355 e.